The molecular formula is C30H27N3O7S2. The van der Waals surface area contributed by atoms with Crippen molar-refractivity contribution >= 4 is 40.8 Å². The first-order valence-electron chi connectivity index (χ1n) is 12.9. The van der Waals surface area contributed by atoms with E-state index in [0.29, 0.717) is 43.4 Å². The maximum absolute atomic E-state index is 13.9. The number of esters is 1. The van der Waals surface area contributed by atoms with Crippen LogP contribution in [-0.2, 0) is 9.53 Å². The van der Waals surface area contributed by atoms with E-state index in [9.17, 15) is 19.7 Å². The third-order valence-corrected chi connectivity index (χ3v) is 8.30. The fourth-order valence-electron chi connectivity index (χ4n) is 4.67. The van der Waals surface area contributed by atoms with Gasteiger partial charge in [-0.2, -0.15) is 0 Å². The van der Waals surface area contributed by atoms with E-state index in [1.54, 1.807) is 50.7 Å². The number of methoxy groups -OCH3 is 1. The number of allylic oxidation sites excluding steroid dienone is 1. The molecule has 1 aliphatic heterocycles. The van der Waals surface area contributed by atoms with E-state index in [1.165, 1.54) is 41.2 Å². The van der Waals surface area contributed by atoms with Gasteiger partial charge >= 0.3 is 5.97 Å². The lowest BCUT2D eigenvalue weighted by molar-refractivity contribution is -0.384. The van der Waals surface area contributed by atoms with Gasteiger partial charge in [0.1, 0.15) is 17.3 Å². The lowest BCUT2D eigenvalue weighted by Crippen LogP contribution is -2.40. The molecule has 12 heteroatoms. The predicted octanol–water partition coefficient (Wildman–Crippen LogP) is 5.09. The Bertz CT molecular complexity index is 1900. The second kappa shape index (κ2) is 11.8. The number of furan rings is 1. The van der Waals surface area contributed by atoms with E-state index in [1.807, 2.05) is 30.5 Å². The highest BCUT2D eigenvalue weighted by atomic mass is 32.2. The third-order valence-electron chi connectivity index (χ3n) is 6.58. The fraction of sp³-hybridized carbons (Fsp3) is 0.233. The smallest absolute Gasteiger partial charge is 0.338 e. The number of benzene rings is 2. The summed E-state index contributed by atoms with van der Waals surface area (Å²) in [6.07, 6.45) is 3.22. The molecule has 0 fully saturated rings. The van der Waals surface area contributed by atoms with Crippen LogP contribution in [0.15, 0.2) is 85.0 Å². The zero-order valence-corrected chi connectivity index (χ0v) is 25.1. The number of rotatable bonds is 8. The molecule has 0 bridgehead atoms. The molecule has 0 saturated carbocycles. The number of thiazole rings is 1. The second-order valence-corrected chi connectivity index (χ2v) is 11.5. The van der Waals surface area contributed by atoms with E-state index in [0.717, 1.165) is 10.5 Å². The standard InChI is InChI=1S/C30H27N3O7S2/c1-16(2)39-29(35)26-17(3)31-30-32(27(26)18-6-10-21(41-5)11-7-18)28(34)25(42-30)15-20-9-13-24(40-20)22-14-19(33(36)37)8-12-23(22)38-4/h6-16,27H,1-5H3/b25-15-/t27-/m0/s1. The minimum absolute atomic E-state index is 0.107. The van der Waals surface area contributed by atoms with Gasteiger partial charge in [0.2, 0.25) is 0 Å². The summed E-state index contributed by atoms with van der Waals surface area (Å²) >= 11 is 2.77. The molecule has 0 N–H and O–H groups in total. The Morgan fingerprint density at radius 2 is 1.93 bits per heavy atom. The number of nitrogens with zero attached hydrogens (tertiary/aromatic N) is 3. The monoisotopic (exact) mass is 605 g/mol. The van der Waals surface area contributed by atoms with Crippen molar-refractivity contribution in [2.45, 2.75) is 37.8 Å². The molecular weight excluding hydrogens is 578 g/mol. The van der Waals surface area contributed by atoms with Crippen molar-refractivity contribution in [3.8, 4) is 17.1 Å². The minimum Gasteiger partial charge on any atom is -0.496 e. The quantitative estimate of drug-likeness (QED) is 0.118. The molecule has 2 aromatic heterocycles. The fourth-order valence-corrected chi connectivity index (χ4v) is 6.10. The highest BCUT2D eigenvalue weighted by Crippen LogP contribution is 2.35. The van der Waals surface area contributed by atoms with Gasteiger partial charge < -0.3 is 13.9 Å². The summed E-state index contributed by atoms with van der Waals surface area (Å²) in [7, 11) is 1.47. The van der Waals surface area contributed by atoms with E-state index in [2.05, 4.69) is 4.99 Å². The lowest BCUT2D eigenvalue weighted by Gasteiger charge is -2.25. The van der Waals surface area contributed by atoms with Crippen LogP contribution in [0, 0.1) is 10.1 Å². The SMILES string of the molecule is COc1ccc([N+](=O)[O-])cc1-c1ccc(/C=c2\sc3n(c2=O)[C@@H](c2ccc(SC)cc2)C(C(=O)OC(C)C)=C(C)N=3)o1. The molecule has 5 rings (SSSR count). The molecule has 3 heterocycles. The predicted molar refractivity (Wildman–Crippen MR) is 161 cm³/mol. The summed E-state index contributed by atoms with van der Waals surface area (Å²) in [5.41, 5.74) is 1.49. The summed E-state index contributed by atoms with van der Waals surface area (Å²) in [5, 5.41) is 11.3. The van der Waals surface area contributed by atoms with Crippen LogP contribution in [0.3, 0.4) is 0 Å². The lowest BCUT2D eigenvalue weighted by atomic mass is 9.96. The Kier molecular flexibility index (Phi) is 8.19. The summed E-state index contributed by atoms with van der Waals surface area (Å²) < 4.78 is 18.8. The first kappa shape index (κ1) is 29.1. The van der Waals surface area contributed by atoms with Gasteiger partial charge in [-0.25, -0.2) is 9.79 Å². The number of thioether (sulfide) groups is 1. The number of fused-ring (bicyclic) bond motifs is 1. The van der Waals surface area contributed by atoms with Crippen LogP contribution in [0.5, 0.6) is 5.75 Å². The maximum atomic E-state index is 13.9. The average molecular weight is 606 g/mol. The maximum Gasteiger partial charge on any atom is 0.338 e. The van der Waals surface area contributed by atoms with Gasteiger partial charge in [-0.05, 0) is 62.9 Å². The molecule has 216 valence electrons. The molecule has 10 nitrogen and oxygen atoms in total. The Balaban J connectivity index is 1.62. The van der Waals surface area contributed by atoms with Crippen molar-refractivity contribution in [1.82, 2.24) is 4.57 Å². The van der Waals surface area contributed by atoms with Gasteiger partial charge in [0.25, 0.3) is 11.2 Å². The highest BCUT2D eigenvalue weighted by molar-refractivity contribution is 7.98. The third kappa shape index (κ3) is 5.55. The Labute approximate surface area is 248 Å². The van der Waals surface area contributed by atoms with Crippen molar-refractivity contribution < 1.29 is 23.6 Å². The van der Waals surface area contributed by atoms with Crippen molar-refractivity contribution in [2.75, 3.05) is 13.4 Å². The number of hydrogen-bond acceptors (Lipinski definition) is 10. The molecule has 0 amide bonds. The number of aromatic nitrogens is 1. The number of carbonyl (C=O) groups excluding carboxylic acids is 1. The van der Waals surface area contributed by atoms with Crippen molar-refractivity contribution in [3.05, 3.63) is 107 Å². The van der Waals surface area contributed by atoms with Crippen LogP contribution in [0.4, 0.5) is 5.69 Å². The van der Waals surface area contributed by atoms with Gasteiger partial charge in [0, 0.05) is 23.1 Å². The Hall–Kier alpha value is -4.42. The highest BCUT2D eigenvalue weighted by Gasteiger charge is 2.33. The molecule has 0 radical (unpaired) electrons. The molecule has 1 atom stereocenters. The number of hydrogen-bond donors (Lipinski definition) is 0. The van der Waals surface area contributed by atoms with Crippen LogP contribution in [0.1, 0.15) is 38.1 Å². The van der Waals surface area contributed by atoms with Crippen molar-refractivity contribution in [1.29, 1.82) is 0 Å². The van der Waals surface area contributed by atoms with Crippen LogP contribution in [0.2, 0.25) is 0 Å². The summed E-state index contributed by atoms with van der Waals surface area (Å²) in [6, 6.07) is 14.5. The van der Waals surface area contributed by atoms with E-state index in [4.69, 9.17) is 13.9 Å². The van der Waals surface area contributed by atoms with Crippen molar-refractivity contribution in [2.24, 2.45) is 4.99 Å². The number of non-ortho nitro benzene ring substituents is 1. The largest absolute Gasteiger partial charge is 0.496 e. The summed E-state index contributed by atoms with van der Waals surface area (Å²) in [6.45, 7) is 5.28. The van der Waals surface area contributed by atoms with Crippen LogP contribution < -0.4 is 19.6 Å². The van der Waals surface area contributed by atoms with Gasteiger partial charge in [-0.3, -0.25) is 19.5 Å². The van der Waals surface area contributed by atoms with E-state index < -0.39 is 16.9 Å². The summed E-state index contributed by atoms with van der Waals surface area (Å²) in [5.74, 6) is 0.585. The molecule has 0 spiro atoms. The Morgan fingerprint density at radius 3 is 2.57 bits per heavy atom. The number of ether oxygens (including phenoxy) is 2. The zero-order chi connectivity index (χ0) is 30.1. The number of carbonyl (C=O) groups is 1. The molecule has 4 aromatic rings. The number of nitro benzene ring substituents is 1. The first-order chi connectivity index (χ1) is 20.1. The molecule has 1 aliphatic rings. The van der Waals surface area contributed by atoms with E-state index >= 15 is 0 Å². The molecule has 2 aromatic carbocycles. The van der Waals surface area contributed by atoms with Gasteiger partial charge in [0.05, 0.1) is 45.5 Å². The average Bonchev–Trinajstić information content (AvgIpc) is 3.55. The normalized spacial score (nSPS) is 15.0. The molecule has 0 aliphatic carbocycles. The first-order valence-corrected chi connectivity index (χ1v) is 15.0. The van der Waals surface area contributed by atoms with Gasteiger partial charge in [-0.15, -0.1) is 11.8 Å². The second-order valence-electron chi connectivity index (χ2n) is 9.65. The van der Waals surface area contributed by atoms with Crippen LogP contribution in [-0.4, -0.2) is 34.9 Å². The van der Waals surface area contributed by atoms with Gasteiger partial charge in [-0.1, -0.05) is 23.5 Å². The minimum atomic E-state index is -0.730. The van der Waals surface area contributed by atoms with E-state index in [-0.39, 0.29) is 17.4 Å². The zero-order valence-electron chi connectivity index (χ0n) is 23.4. The van der Waals surface area contributed by atoms with Crippen molar-refractivity contribution in [3.63, 3.8) is 0 Å². The van der Waals surface area contributed by atoms with Gasteiger partial charge in [0.15, 0.2) is 4.80 Å². The topological polar surface area (TPSA) is 126 Å². The number of nitro groups is 1. The molecule has 42 heavy (non-hydrogen) atoms. The summed E-state index contributed by atoms with van der Waals surface area (Å²) in [4.78, 5) is 44.1. The van der Waals surface area contributed by atoms with Crippen LogP contribution in [0.25, 0.3) is 17.4 Å². The Morgan fingerprint density at radius 1 is 1.19 bits per heavy atom. The molecule has 0 saturated heterocycles. The molecule has 0 unspecified atom stereocenters. The van der Waals surface area contributed by atoms with Crippen LogP contribution >= 0.6 is 23.1 Å².